The van der Waals surface area contributed by atoms with Crippen LogP contribution in [0.2, 0.25) is 5.02 Å². The average Bonchev–Trinajstić information content (AvgIpc) is 2.81. The van der Waals surface area contributed by atoms with Gasteiger partial charge in [-0.1, -0.05) is 83.9 Å². The Morgan fingerprint density at radius 3 is 2.33 bits per heavy atom. The molecule has 3 rings (SSSR count). The Bertz CT molecular complexity index is 1070. The zero-order chi connectivity index (χ0) is 23.6. The highest BCUT2D eigenvalue weighted by molar-refractivity contribution is 7.99. The van der Waals surface area contributed by atoms with E-state index in [0.717, 1.165) is 22.3 Å². The second-order valence-corrected chi connectivity index (χ2v) is 9.38. The maximum atomic E-state index is 13.4. The van der Waals surface area contributed by atoms with E-state index in [1.807, 2.05) is 79.7 Å². The molecule has 3 aromatic rings. The third-order valence-electron chi connectivity index (χ3n) is 5.34. The highest BCUT2D eigenvalue weighted by atomic mass is 35.5. The van der Waals surface area contributed by atoms with Gasteiger partial charge in [-0.3, -0.25) is 9.59 Å². The summed E-state index contributed by atoms with van der Waals surface area (Å²) in [6, 6.07) is 24.9. The number of nitrogens with zero attached hydrogens (tertiary/aromatic N) is 1. The van der Waals surface area contributed by atoms with Crippen LogP contribution in [0.1, 0.15) is 22.3 Å². The number of carbonyl (C=O) groups is 2. The van der Waals surface area contributed by atoms with Crippen molar-refractivity contribution >= 4 is 35.2 Å². The number of hydrogen-bond donors (Lipinski definition) is 1. The largest absolute Gasteiger partial charge is 0.357 e. The van der Waals surface area contributed by atoms with Crippen molar-refractivity contribution in [1.82, 2.24) is 10.2 Å². The quantitative estimate of drug-likeness (QED) is 0.430. The van der Waals surface area contributed by atoms with Gasteiger partial charge in [0.05, 0.1) is 5.75 Å². The van der Waals surface area contributed by atoms with Crippen LogP contribution < -0.4 is 5.32 Å². The molecule has 0 heterocycles. The van der Waals surface area contributed by atoms with Gasteiger partial charge in [0.2, 0.25) is 11.8 Å². The number of rotatable bonds is 10. The zero-order valence-corrected chi connectivity index (χ0v) is 20.5. The Labute approximate surface area is 205 Å². The van der Waals surface area contributed by atoms with E-state index in [2.05, 4.69) is 11.4 Å². The third-order valence-corrected chi connectivity index (χ3v) is 6.56. The van der Waals surface area contributed by atoms with Crippen LogP contribution in [0.4, 0.5) is 0 Å². The molecule has 0 aliphatic carbocycles. The number of aryl methyl sites for hydroxylation is 1. The molecule has 0 spiro atoms. The summed E-state index contributed by atoms with van der Waals surface area (Å²) in [6.45, 7) is 2.40. The van der Waals surface area contributed by atoms with Gasteiger partial charge in [-0.05, 0) is 35.7 Å². The molecule has 2 amide bonds. The highest BCUT2D eigenvalue weighted by Gasteiger charge is 2.29. The molecule has 0 unspecified atom stereocenters. The topological polar surface area (TPSA) is 49.4 Å². The van der Waals surface area contributed by atoms with Gasteiger partial charge in [0, 0.05) is 30.8 Å². The van der Waals surface area contributed by atoms with Gasteiger partial charge in [0.1, 0.15) is 6.04 Å². The Kier molecular flexibility index (Phi) is 9.40. The van der Waals surface area contributed by atoms with Crippen molar-refractivity contribution in [3.8, 4) is 0 Å². The summed E-state index contributed by atoms with van der Waals surface area (Å²) in [6.07, 6.45) is 0.455. The van der Waals surface area contributed by atoms with Gasteiger partial charge in [-0.25, -0.2) is 0 Å². The van der Waals surface area contributed by atoms with E-state index in [1.165, 1.54) is 11.8 Å². The van der Waals surface area contributed by atoms with Gasteiger partial charge in [-0.15, -0.1) is 11.8 Å². The van der Waals surface area contributed by atoms with Crippen molar-refractivity contribution in [3.05, 3.63) is 106 Å². The Hall–Kier alpha value is -2.76. The van der Waals surface area contributed by atoms with Crippen molar-refractivity contribution in [2.75, 3.05) is 12.8 Å². The number of nitrogens with one attached hydrogen (secondary N) is 1. The number of amides is 2. The Balaban J connectivity index is 1.81. The predicted molar refractivity (Wildman–Crippen MR) is 137 cm³/mol. The average molecular weight is 481 g/mol. The summed E-state index contributed by atoms with van der Waals surface area (Å²) in [5.74, 6) is 0.724. The van der Waals surface area contributed by atoms with Crippen LogP contribution in [0.5, 0.6) is 0 Å². The van der Waals surface area contributed by atoms with E-state index in [9.17, 15) is 9.59 Å². The van der Waals surface area contributed by atoms with Crippen LogP contribution in [0.15, 0.2) is 78.9 Å². The van der Waals surface area contributed by atoms with Gasteiger partial charge in [0.25, 0.3) is 0 Å². The number of carbonyl (C=O) groups excluding carboxylic acids is 2. The van der Waals surface area contributed by atoms with E-state index in [0.29, 0.717) is 23.7 Å². The molecular weight excluding hydrogens is 452 g/mol. The van der Waals surface area contributed by atoms with Crippen LogP contribution in [-0.4, -0.2) is 35.6 Å². The maximum absolute atomic E-state index is 13.4. The number of benzene rings is 3. The van der Waals surface area contributed by atoms with Gasteiger partial charge < -0.3 is 10.2 Å². The van der Waals surface area contributed by atoms with Crippen molar-refractivity contribution in [1.29, 1.82) is 0 Å². The van der Waals surface area contributed by atoms with Crippen molar-refractivity contribution < 1.29 is 9.59 Å². The molecule has 0 fully saturated rings. The summed E-state index contributed by atoms with van der Waals surface area (Å²) in [5, 5.41) is 3.44. The first-order valence-corrected chi connectivity index (χ1v) is 12.4. The maximum Gasteiger partial charge on any atom is 0.242 e. The normalized spacial score (nSPS) is 11.6. The van der Waals surface area contributed by atoms with Crippen molar-refractivity contribution in [2.24, 2.45) is 0 Å². The van der Waals surface area contributed by atoms with E-state index in [-0.39, 0.29) is 17.6 Å². The lowest BCUT2D eigenvalue weighted by Crippen LogP contribution is -2.50. The number of likely N-dealkylation sites (N-methyl/N-ethyl adjacent to an activating group) is 1. The molecule has 1 atom stereocenters. The van der Waals surface area contributed by atoms with Gasteiger partial charge >= 0.3 is 0 Å². The summed E-state index contributed by atoms with van der Waals surface area (Å²) in [7, 11) is 1.61. The number of hydrogen-bond acceptors (Lipinski definition) is 3. The smallest absolute Gasteiger partial charge is 0.242 e. The minimum Gasteiger partial charge on any atom is -0.357 e. The van der Waals surface area contributed by atoms with Crippen LogP contribution in [-0.2, 0) is 28.3 Å². The van der Waals surface area contributed by atoms with E-state index in [4.69, 9.17) is 11.6 Å². The molecule has 3 aromatic carbocycles. The van der Waals surface area contributed by atoms with E-state index in [1.54, 1.807) is 11.9 Å². The van der Waals surface area contributed by atoms with Crippen LogP contribution in [0.3, 0.4) is 0 Å². The molecule has 0 aliphatic heterocycles. The molecule has 0 radical (unpaired) electrons. The Morgan fingerprint density at radius 1 is 0.939 bits per heavy atom. The highest BCUT2D eigenvalue weighted by Crippen LogP contribution is 2.20. The summed E-state index contributed by atoms with van der Waals surface area (Å²) in [4.78, 5) is 28.1. The fourth-order valence-electron chi connectivity index (χ4n) is 3.69. The molecular formula is C27H29ClN2O2S. The minimum atomic E-state index is -0.600. The van der Waals surface area contributed by atoms with E-state index >= 15 is 0 Å². The fraction of sp³-hybridized carbons (Fsp3) is 0.259. The van der Waals surface area contributed by atoms with Gasteiger partial charge in [0.15, 0.2) is 0 Å². The number of thioether (sulfide) groups is 1. The van der Waals surface area contributed by atoms with Crippen LogP contribution in [0.25, 0.3) is 0 Å². The lowest BCUT2D eigenvalue weighted by Gasteiger charge is -2.31. The molecule has 33 heavy (non-hydrogen) atoms. The Morgan fingerprint density at radius 2 is 1.64 bits per heavy atom. The summed E-state index contributed by atoms with van der Waals surface area (Å²) < 4.78 is 0. The van der Waals surface area contributed by atoms with Crippen molar-refractivity contribution in [2.45, 2.75) is 31.7 Å². The SMILES string of the molecule is CNC(=O)[C@H](Cc1ccccc1)N(Cc1cccc(C)c1)C(=O)CSCc1cccc(Cl)c1. The van der Waals surface area contributed by atoms with Crippen molar-refractivity contribution in [3.63, 3.8) is 0 Å². The lowest BCUT2D eigenvalue weighted by atomic mass is 10.0. The summed E-state index contributed by atoms with van der Waals surface area (Å²) >= 11 is 7.61. The molecule has 0 saturated heterocycles. The predicted octanol–water partition coefficient (Wildman–Crippen LogP) is 5.27. The molecule has 6 heteroatoms. The van der Waals surface area contributed by atoms with Gasteiger partial charge in [-0.2, -0.15) is 0 Å². The third kappa shape index (κ3) is 7.65. The second kappa shape index (κ2) is 12.5. The molecule has 4 nitrogen and oxygen atoms in total. The van der Waals surface area contributed by atoms with Crippen LogP contribution >= 0.6 is 23.4 Å². The second-order valence-electron chi connectivity index (χ2n) is 7.95. The molecule has 172 valence electrons. The zero-order valence-electron chi connectivity index (χ0n) is 19.0. The standard InChI is InChI=1S/C27H29ClN2O2S/c1-20-8-6-11-22(14-20)17-30(25(27(32)29-2)16-21-9-4-3-5-10-21)26(31)19-33-18-23-12-7-13-24(28)15-23/h3-15,25H,16-19H2,1-2H3,(H,29,32)/t25-/m0/s1. The first kappa shape index (κ1) is 24.9. The molecule has 0 saturated carbocycles. The minimum absolute atomic E-state index is 0.0620. The molecule has 0 aliphatic rings. The fourth-order valence-corrected chi connectivity index (χ4v) is 4.76. The van der Waals surface area contributed by atoms with E-state index < -0.39 is 6.04 Å². The monoisotopic (exact) mass is 480 g/mol. The first-order valence-electron chi connectivity index (χ1n) is 10.9. The number of halogens is 1. The van der Waals surface area contributed by atoms with Crippen LogP contribution in [0, 0.1) is 6.92 Å². The lowest BCUT2D eigenvalue weighted by molar-refractivity contribution is -0.139. The molecule has 1 N–H and O–H groups in total. The first-order chi connectivity index (χ1) is 16.0. The summed E-state index contributed by atoms with van der Waals surface area (Å²) in [5.41, 5.74) is 4.21. The molecule has 0 aromatic heterocycles. The molecule has 0 bridgehead atoms.